The fraction of sp³-hybridized carbons (Fsp3) is 0.250. The molecule has 0 saturated heterocycles. The van der Waals surface area contributed by atoms with Gasteiger partial charge in [-0.25, -0.2) is 0 Å². The van der Waals surface area contributed by atoms with Crippen molar-refractivity contribution in [2.24, 2.45) is 7.05 Å². The summed E-state index contributed by atoms with van der Waals surface area (Å²) in [4.78, 5) is 4.23. The summed E-state index contributed by atoms with van der Waals surface area (Å²) in [6, 6.07) is 6.61. The van der Waals surface area contributed by atoms with Gasteiger partial charge in [0, 0.05) is 51.9 Å². The molecule has 0 unspecified atom stereocenters. The molecule has 93 valence electrons. The SMILES string of the molecule is COc1c[c-]c(-c2nccn2C)c(CO)c1.[Ir]. The van der Waals surface area contributed by atoms with E-state index in [1.807, 2.05) is 17.8 Å². The van der Waals surface area contributed by atoms with Crippen molar-refractivity contribution in [2.75, 3.05) is 7.11 Å². The molecule has 0 aliphatic rings. The van der Waals surface area contributed by atoms with Gasteiger partial charge < -0.3 is 14.4 Å². The van der Waals surface area contributed by atoms with Crippen molar-refractivity contribution in [3.63, 3.8) is 0 Å². The Bertz CT molecular complexity index is 497. The van der Waals surface area contributed by atoms with Crippen LogP contribution in [0.2, 0.25) is 0 Å². The molecule has 0 spiro atoms. The molecule has 0 atom stereocenters. The van der Waals surface area contributed by atoms with Crippen LogP contribution >= 0.6 is 0 Å². The summed E-state index contributed by atoms with van der Waals surface area (Å²) in [5, 5.41) is 9.32. The zero-order valence-corrected chi connectivity index (χ0v) is 12.0. The molecular weight excluding hydrogens is 396 g/mol. The molecule has 4 nitrogen and oxygen atoms in total. The van der Waals surface area contributed by atoms with Gasteiger partial charge in [0.05, 0.1) is 12.9 Å². The van der Waals surface area contributed by atoms with Crippen LogP contribution in [0.1, 0.15) is 5.56 Å². The zero-order chi connectivity index (χ0) is 11.5. The van der Waals surface area contributed by atoms with Crippen molar-refractivity contribution in [2.45, 2.75) is 6.61 Å². The van der Waals surface area contributed by atoms with E-state index in [0.717, 1.165) is 17.0 Å². The second-order valence-corrected chi connectivity index (χ2v) is 3.46. The van der Waals surface area contributed by atoms with Gasteiger partial charge in [-0.2, -0.15) is 0 Å². The molecule has 1 radical (unpaired) electrons. The van der Waals surface area contributed by atoms with Crippen molar-refractivity contribution in [1.82, 2.24) is 9.55 Å². The monoisotopic (exact) mass is 410 g/mol. The average molecular weight is 409 g/mol. The summed E-state index contributed by atoms with van der Waals surface area (Å²) in [7, 11) is 3.49. The number of aryl methyl sites for hydroxylation is 1. The molecule has 0 saturated carbocycles. The van der Waals surface area contributed by atoms with Crippen molar-refractivity contribution < 1.29 is 29.9 Å². The van der Waals surface area contributed by atoms with E-state index in [2.05, 4.69) is 11.1 Å². The molecule has 2 aromatic rings. The van der Waals surface area contributed by atoms with Gasteiger partial charge in [-0.3, -0.25) is 4.98 Å². The Balaban J connectivity index is 0.00000144. The Kier molecular flexibility index (Phi) is 4.87. The van der Waals surface area contributed by atoms with Crippen LogP contribution in [-0.2, 0) is 33.8 Å². The third-order valence-corrected chi connectivity index (χ3v) is 2.45. The smallest absolute Gasteiger partial charge is 0.0647 e. The number of aliphatic hydroxyl groups excluding tert-OH is 1. The van der Waals surface area contributed by atoms with Crippen LogP contribution < -0.4 is 4.74 Å². The number of aromatic nitrogens is 2. The summed E-state index contributed by atoms with van der Waals surface area (Å²) >= 11 is 0. The predicted molar refractivity (Wildman–Crippen MR) is 60.0 cm³/mol. The van der Waals surface area contributed by atoms with E-state index in [-0.39, 0.29) is 26.7 Å². The molecule has 1 heterocycles. The van der Waals surface area contributed by atoms with Gasteiger partial charge in [-0.15, -0.1) is 17.7 Å². The number of rotatable bonds is 3. The van der Waals surface area contributed by atoms with Gasteiger partial charge in [0.15, 0.2) is 0 Å². The Morgan fingerprint density at radius 3 is 2.82 bits per heavy atom. The molecule has 0 bridgehead atoms. The van der Waals surface area contributed by atoms with Crippen molar-refractivity contribution in [1.29, 1.82) is 0 Å². The molecular formula is C12H13IrN2O2-. The molecule has 1 aromatic heterocycles. The van der Waals surface area contributed by atoms with Crippen molar-refractivity contribution in [3.05, 3.63) is 36.2 Å². The first-order chi connectivity index (χ1) is 7.76. The van der Waals surface area contributed by atoms with Crippen molar-refractivity contribution >= 4 is 0 Å². The molecule has 5 heteroatoms. The first-order valence-corrected chi connectivity index (χ1v) is 4.93. The number of hydrogen-bond donors (Lipinski definition) is 1. The molecule has 1 N–H and O–H groups in total. The van der Waals surface area contributed by atoms with Crippen LogP contribution in [0.15, 0.2) is 24.5 Å². The second-order valence-electron chi connectivity index (χ2n) is 3.46. The Morgan fingerprint density at radius 1 is 1.53 bits per heavy atom. The summed E-state index contributed by atoms with van der Waals surface area (Å²) < 4.78 is 6.98. The van der Waals surface area contributed by atoms with Crippen LogP contribution in [0.4, 0.5) is 0 Å². The molecule has 1 aromatic carbocycles. The topological polar surface area (TPSA) is 47.3 Å². The van der Waals surface area contributed by atoms with Crippen LogP contribution in [0.25, 0.3) is 11.4 Å². The number of methoxy groups -OCH3 is 1. The predicted octanol–water partition coefficient (Wildman–Crippen LogP) is 1.39. The Labute approximate surface area is 114 Å². The number of imidazole rings is 1. The molecule has 17 heavy (non-hydrogen) atoms. The maximum absolute atomic E-state index is 9.32. The molecule has 2 rings (SSSR count). The maximum Gasteiger partial charge on any atom is 0.0647 e. The van der Waals surface area contributed by atoms with E-state index in [1.54, 1.807) is 25.4 Å². The van der Waals surface area contributed by atoms with Gasteiger partial charge in [0.25, 0.3) is 0 Å². The largest absolute Gasteiger partial charge is 0.540 e. The zero-order valence-electron chi connectivity index (χ0n) is 9.60. The van der Waals surface area contributed by atoms with Gasteiger partial charge in [0.1, 0.15) is 0 Å². The number of nitrogens with zero attached hydrogens (tertiary/aromatic N) is 2. The van der Waals surface area contributed by atoms with E-state index in [1.165, 1.54) is 0 Å². The van der Waals surface area contributed by atoms with Gasteiger partial charge in [0.2, 0.25) is 0 Å². The number of benzene rings is 1. The fourth-order valence-corrected chi connectivity index (χ4v) is 1.58. The molecule has 0 aliphatic heterocycles. The van der Waals surface area contributed by atoms with E-state index in [4.69, 9.17) is 4.74 Å². The second kappa shape index (κ2) is 5.96. The standard InChI is InChI=1S/C12H13N2O2.Ir/c1-14-6-5-13-12(14)11-4-3-10(16-2)7-9(11)8-15;/h3,5-7,15H,8H2,1-2H3;/q-1;. The number of hydrogen-bond acceptors (Lipinski definition) is 3. The minimum Gasteiger partial charge on any atom is -0.540 e. The van der Waals surface area contributed by atoms with E-state index < -0.39 is 0 Å². The minimum atomic E-state index is -0.0596. The van der Waals surface area contributed by atoms with Gasteiger partial charge in [-0.05, 0) is 0 Å². The number of aliphatic hydroxyl groups is 1. The quantitative estimate of drug-likeness (QED) is 0.780. The summed E-state index contributed by atoms with van der Waals surface area (Å²) in [6.07, 6.45) is 3.57. The minimum absolute atomic E-state index is 0. The van der Waals surface area contributed by atoms with Gasteiger partial charge in [-0.1, -0.05) is 11.6 Å². The summed E-state index contributed by atoms with van der Waals surface area (Å²) in [6.45, 7) is -0.0596. The maximum atomic E-state index is 9.32. The van der Waals surface area contributed by atoms with Crippen molar-refractivity contribution in [3.8, 4) is 17.1 Å². The Morgan fingerprint density at radius 2 is 2.29 bits per heavy atom. The third-order valence-electron chi connectivity index (χ3n) is 2.45. The van der Waals surface area contributed by atoms with Crippen LogP contribution in [0, 0.1) is 6.07 Å². The number of ether oxygens (including phenoxy) is 1. The van der Waals surface area contributed by atoms with Crippen LogP contribution in [0.5, 0.6) is 5.75 Å². The average Bonchev–Trinajstić information content (AvgIpc) is 2.74. The molecule has 0 amide bonds. The van der Waals surface area contributed by atoms with Crippen LogP contribution in [0.3, 0.4) is 0 Å². The van der Waals surface area contributed by atoms with E-state index in [9.17, 15) is 5.11 Å². The molecule has 0 aliphatic carbocycles. The van der Waals surface area contributed by atoms with Crippen LogP contribution in [-0.4, -0.2) is 21.8 Å². The first-order valence-electron chi connectivity index (χ1n) is 4.93. The summed E-state index contributed by atoms with van der Waals surface area (Å²) in [5.74, 6) is 1.47. The van der Waals surface area contributed by atoms with Gasteiger partial charge >= 0.3 is 0 Å². The summed E-state index contributed by atoms with van der Waals surface area (Å²) in [5.41, 5.74) is 1.56. The normalized spacial score (nSPS) is 9.82. The Hall–Kier alpha value is -1.16. The third kappa shape index (κ3) is 2.75. The van der Waals surface area contributed by atoms with E-state index >= 15 is 0 Å². The first kappa shape index (κ1) is 13.9. The van der Waals surface area contributed by atoms with E-state index in [0.29, 0.717) is 5.75 Å². The fourth-order valence-electron chi connectivity index (χ4n) is 1.58. The molecule has 0 fully saturated rings.